The number of nitrogens with zero attached hydrogens (tertiary/aromatic N) is 2. The van der Waals surface area contributed by atoms with Gasteiger partial charge in [0, 0.05) is 38.1 Å². The molecule has 0 saturated carbocycles. The van der Waals surface area contributed by atoms with Gasteiger partial charge in [-0.2, -0.15) is 0 Å². The van der Waals surface area contributed by atoms with Gasteiger partial charge in [-0.1, -0.05) is 12.1 Å². The molecular weight excluding hydrogens is 527 g/mol. The average Bonchev–Trinajstić information content (AvgIpc) is 3.28. The monoisotopic (exact) mass is 564 g/mol. The third-order valence-electron chi connectivity index (χ3n) is 6.13. The Kier molecular flexibility index (Phi) is 10.5. The normalized spacial score (nSPS) is 19.6. The van der Waals surface area contributed by atoms with Gasteiger partial charge in [0.2, 0.25) is 0 Å². The van der Waals surface area contributed by atoms with Crippen molar-refractivity contribution in [2.45, 2.75) is 49.5 Å². The first-order valence-corrected chi connectivity index (χ1v) is 13.0. The van der Waals surface area contributed by atoms with Crippen LogP contribution >= 0.6 is 24.0 Å². The molecule has 2 heterocycles. The van der Waals surface area contributed by atoms with Crippen molar-refractivity contribution in [3.05, 3.63) is 29.8 Å². The molecule has 9 heteroatoms. The molecule has 2 aliphatic rings. The summed E-state index contributed by atoms with van der Waals surface area (Å²) in [7, 11) is -3.15. The zero-order valence-corrected chi connectivity index (χ0v) is 21.9. The Morgan fingerprint density at radius 2 is 1.77 bits per heavy atom. The van der Waals surface area contributed by atoms with Crippen LogP contribution in [0.25, 0.3) is 0 Å². The van der Waals surface area contributed by atoms with E-state index in [9.17, 15) is 8.42 Å². The molecular formula is C22H37IN4O3S. The maximum atomic E-state index is 11.6. The Balaban J connectivity index is 0.00000341. The molecule has 2 N–H and O–H groups in total. The van der Waals surface area contributed by atoms with Gasteiger partial charge >= 0.3 is 0 Å². The van der Waals surface area contributed by atoms with Crippen LogP contribution in [-0.2, 0) is 21.0 Å². The highest BCUT2D eigenvalue weighted by Gasteiger charge is 2.39. The van der Waals surface area contributed by atoms with E-state index < -0.39 is 9.84 Å². The molecule has 0 unspecified atom stereocenters. The molecule has 0 amide bonds. The van der Waals surface area contributed by atoms with E-state index in [4.69, 9.17) is 9.73 Å². The van der Waals surface area contributed by atoms with Gasteiger partial charge in [0.05, 0.1) is 11.4 Å². The molecule has 1 aromatic rings. The Morgan fingerprint density at radius 1 is 1.13 bits per heavy atom. The van der Waals surface area contributed by atoms with Crippen molar-refractivity contribution in [1.29, 1.82) is 0 Å². The van der Waals surface area contributed by atoms with E-state index in [1.54, 1.807) is 12.1 Å². The first-order chi connectivity index (χ1) is 14.4. The highest BCUT2D eigenvalue weighted by molar-refractivity contribution is 14.0. The van der Waals surface area contributed by atoms with Gasteiger partial charge in [0.1, 0.15) is 0 Å². The molecule has 2 fully saturated rings. The molecule has 0 radical (unpaired) electrons. The number of nitrogens with one attached hydrogen (secondary N) is 2. The van der Waals surface area contributed by atoms with E-state index in [-0.39, 0.29) is 29.5 Å². The zero-order valence-electron chi connectivity index (χ0n) is 18.7. The molecule has 31 heavy (non-hydrogen) atoms. The standard InChI is InChI=1S/C22H36N4O3S.HI/c1-3-23-21(24-13-10-19-6-8-20(9-7-19)30(2,27)28)25-18-22(11-16-29-17-12-22)26-14-4-5-15-26;/h6-9H,3-5,10-18H2,1-2H3,(H2,23,24,25);1H. The Morgan fingerprint density at radius 3 is 2.35 bits per heavy atom. The van der Waals surface area contributed by atoms with Gasteiger partial charge in [-0.25, -0.2) is 8.42 Å². The molecule has 2 aliphatic heterocycles. The van der Waals surface area contributed by atoms with E-state index >= 15 is 0 Å². The maximum absolute atomic E-state index is 11.6. The second-order valence-electron chi connectivity index (χ2n) is 8.32. The summed E-state index contributed by atoms with van der Waals surface area (Å²) in [5, 5.41) is 6.79. The number of halogens is 1. The summed E-state index contributed by atoms with van der Waals surface area (Å²) in [6.07, 6.45) is 6.69. The summed E-state index contributed by atoms with van der Waals surface area (Å²) in [6.45, 7) is 8.39. The van der Waals surface area contributed by atoms with Gasteiger partial charge in [-0.05, 0) is 69.8 Å². The van der Waals surface area contributed by atoms with Crippen molar-refractivity contribution >= 4 is 39.8 Å². The van der Waals surface area contributed by atoms with Gasteiger partial charge in [0.25, 0.3) is 0 Å². The van der Waals surface area contributed by atoms with Gasteiger partial charge < -0.3 is 15.4 Å². The number of rotatable bonds is 8. The lowest BCUT2D eigenvalue weighted by atomic mass is 9.88. The van der Waals surface area contributed by atoms with E-state index in [0.717, 1.165) is 63.6 Å². The molecule has 1 aromatic carbocycles. The first kappa shape index (κ1) is 26.3. The van der Waals surface area contributed by atoms with Crippen molar-refractivity contribution in [3.63, 3.8) is 0 Å². The predicted molar refractivity (Wildman–Crippen MR) is 136 cm³/mol. The lowest BCUT2D eigenvalue weighted by Gasteiger charge is -2.43. The fourth-order valence-corrected chi connectivity index (χ4v) is 4.94. The zero-order chi connectivity index (χ0) is 21.5. The Hall–Kier alpha value is -0.910. The number of ether oxygens (including phenoxy) is 1. The number of hydrogen-bond donors (Lipinski definition) is 2. The molecule has 2 saturated heterocycles. The highest BCUT2D eigenvalue weighted by Crippen LogP contribution is 2.31. The number of benzene rings is 1. The third-order valence-corrected chi connectivity index (χ3v) is 7.26. The predicted octanol–water partition coefficient (Wildman–Crippen LogP) is 2.45. The summed E-state index contributed by atoms with van der Waals surface area (Å²) in [5.41, 5.74) is 1.22. The van der Waals surface area contributed by atoms with Gasteiger partial charge in [0.15, 0.2) is 15.8 Å². The molecule has 0 aromatic heterocycles. The lowest BCUT2D eigenvalue weighted by molar-refractivity contribution is -0.0139. The Labute approximate surface area is 204 Å². The van der Waals surface area contributed by atoms with E-state index in [1.807, 2.05) is 12.1 Å². The fourth-order valence-electron chi connectivity index (χ4n) is 4.31. The summed E-state index contributed by atoms with van der Waals surface area (Å²) < 4.78 is 28.8. The maximum Gasteiger partial charge on any atom is 0.191 e. The van der Waals surface area contributed by atoms with Gasteiger partial charge in [-0.15, -0.1) is 24.0 Å². The number of sulfone groups is 1. The smallest absolute Gasteiger partial charge is 0.191 e. The molecule has 0 aliphatic carbocycles. The van der Waals surface area contributed by atoms with E-state index in [0.29, 0.717) is 4.90 Å². The summed E-state index contributed by atoms with van der Waals surface area (Å²) in [4.78, 5) is 7.94. The van der Waals surface area contributed by atoms with Crippen molar-refractivity contribution < 1.29 is 13.2 Å². The van der Waals surface area contributed by atoms with Crippen LogP contribution in [0.15, 0.2) is 34.2 Å². The molecule has 176 valence electrons. The minimum absolute atomic E-state index is 0. The van der Waals surface area contributed by atoms with Crippen LogP contribution in [0, 0.1) is 0 Å². The van der Waals surface area contributed by atoms with Crippen LogP contribution in [0.2, 0.25) is 0 Å². The summed E-state index contributed by atoms with van der Waals surface area (Å²) >= 11 is 0. The van der Waals surface area contributed by atoms with E-state index in [1.165, 1.54) is 32.2 Å². The summed E-state index contributed by atoms with van der Waals surface area (Å²) in [5.74, 6) is 0.843. The van der Waals surface area contributed by atoms with Crippen LogP contribution in [0.5, 0.6) is 0 Å². The second-order valence-corrected chi connectivity index (χ2v) is 10.3. The minimum Gasteiger partial charge on any atom is -0.381 e. The molecule has 0 spiro atoms. The highest BCUT2D eigenvalue weighted by atomic mass is 127. The van der Waals surface area contributed by atoms with Gasteiger partial charge in [-0.3, -0.25) is 9.89 Å². The average molecular weight is 565 g/mol. The lowest BCUT2D eigenvalue weighted by Crippen LogP contribution is -2.54. The van der Waals surface area contributed by atoms with Crippen molar-refractivity contribution in [1.82, 2.24) is 15.5 Å². The largest absolute Gasteiger partial charge is 0.381 e. The third kappa shape index (κ3) is 7.57. The molecule has 0 bridgehead atoms. The first-order valence-electron chi connectivity index (χ1n) is 11.1. The SMILES string of the molecule is CCNC(=NCC1(N2CCCC2)CCOCC1)NCCc1ccc(S(C)(=O)=O)cc1.I. The van der Waals surface area contributed by atoms with Crippen LogP contribution < -0.4 is 10.6 Å². The molecule has 0 atom stereocenters. The van der Waals surface area contributed by atoms with Crippen molar-refractivity contribution in [2.24, 2.45) is 4.99 Å². The number of aliphatic imine (C=N–C) groups is 1. The molecule has 7 nitrogen and oxygen atoms in total. The van der Waals surface area contributed by atoms with Crippen LogP contribution in [0.4, 0.5) is 0 Å². The number of hydrogen-bond acceptors (Lipinski definition) is 5. The Bertz CT molecular complexity index is 803. The van der Waals surface area contributed by atoms with Crippen LogP contribution in [0.1, 0.15) is 38.2 Å². The number of guanidine groups is 1. The fraction of sp³-hybridized carbons (Fsp3) is 0.682. The van der Waals surface area contributed by atoms with Crippen molar-refractivity contribution in [3.8, 4) is 0 Å². The van der Waals surface area contributed by atoms with E-state index in [2.05, 4.69) is 22.5 Å². The minimum atomic E-state index is -3.15. The summed E-state index contributed by atoms with van der Waals surface area (Å²) in [6, 6.07) is 7.11. The van der Waals surface area contributed by atoms with Crippen LogP contribution in [0.3, 0.4) is 0 Å². The quantitative estimate of drug-likeness (QED) is 0.287. The topological polar surface area (TPSA) is 83.0 Å². The van der Waals surface area contributed by atoms with Crippen LogP contribution in [-0.4, -0.2) is 77.0 Å². The molecule has 3 rings (SSSR count). The van der Waals surface area contributed by atoms with Crippen molar-refractivity contribution in [2.75, 3.05) is 52.2 Å². The number of likely N-dealkylation sites (tertiary alicyclic amines) is 1. The second kappa shape index (κ2) is 12.4.